The summed E-state index contributed by atoms with van der Waals surface area (Å²) in [6, 6.07) is 48.5. The fourth-order valence-corrected chi connectivity index (χ4v) is 9.21. The number of ether oxygens (including phenoxy) is 2. The van der Waals surface area contributed by atoms with E-state index in [1.807, 2.05) is 108 Å². The third-order valence-corrected chi connectivity index (χ3v) is 12.1. The number of hydrogen-bond acceptors (Lipinski definition) is 6. The summed E-state index contributed by atoms with van der Waals surface area (Å²) in [5.41, 5.74) is 11.4. The van der Waals surface area contributed by atoms with Crippen LogP contribution in [0, 0.1) is 13.8 Å². The number of nitrogens with one attached hydrogen (secondary N) is 1. The van der Waals surface area contributed by atoms with E-state index in [1.165, 1.54) is 0 Å². The first-order chi connectivity index (χ1) is 28.5. The van der Waals surface area contributed by atoms with Crippen molar-refractivity contribution in [1.29, 1.82) is 0 Å². The van der Waals surface area contributed by atoms with Crippen molar-refractivity contribution in [2.75, 3.05) is 38.0 Å². The number of esters is 2. The van der Waals surface area contributed by atoms with Gasteiger partial charge >= 0.3 is 11.9 Å². The Bertz CT molecular complexity index is 2920. The number of H-pyrrole nitrogens is 1. The van der Waals surface area contributed by atoms with Crippen LogP contribution in [-0.2, 0) is 27.7 Å². The Labute approximate surface area is 344 Å². The summed E-state index contributed by atoms with van der Waals surface area (Å²) in [6.45, 7) is 4.14. The number of aromatic nitrogens is 2. The Balaban J connectivity index is 0.000000152. The quantitative estimate of drug-likeness (QED) is 0.169. The number of rotatable bonds is 6. The summed E-state index contributed by atoms with van der Waals surface area (Å²) in [6.07, 6.45) is 0. The van der Waals surface area contributed by atoms with E-state index >= 15 is 0 Å². The third-order valence-electron chi connectivity index (χ3n) is 12.1. The number of benzene rings is 6. The minimum atomic E-state index is -0.984. The molecule has 0 amide bonds. The average Bonchev–Trinajstić information content (AvgIpc) is 3.94. The first-order valence-corrected chi connectivity index (χ1v) is 19.8. The van der Waals surface area contributed by atoms with Crippen LogP contribution in [0.1, 0.15) is 65.5 Å². The number of carbonyl (C=O) groups excluding carboxylic acids is 2. The molecule has 0 bridgehead atoms. The molecule has 2 aliphatic heterocycles. The van der Waals surface area contributed by atoms with Gasteiger partial charge in [0.1, 0.15) is 0 Å². The predicted octanol–water partition coefficient (Wildman–Crippen LogP) is 10.0. The molecule has 0 spiro atoms. The Morgan fingerprint density at radius 1 is 0.525 bits per heavy atom. The second kappa shape index (κ2) is 14.1. The van der Waals surface area contributed by atoms with Crippen LogP contribution in [0.2, 0.25) is 0 Å². The molecule has 294 valence electrons. The number of hydrogen-bond donors (Lipinski definition) is 1. The van der Waals surface area contributed by atoms with Crippen LogP contribution < -0.4 is 9.80 Å². The van der Waals surface area contributed by atoms with Gasteiger partial charge in [-0.3, -0.25) is 0 Å². The second-order valence-corrected chi connectivity index (χ2v) is 15.8. The smallest absolute Gasteiger partial charge is 0.340 e. The zero-order valence-corrected chi connectivity index (χ0v) is 34.3. The van der Waals surface area contributed by atoms with Crippen molar-refractivity contribution in [3.05, 3.63) is 201 Å². The van der Waals surface area contributed by atoms with E-state index < -0.39 is 11.2 Å². The summed E-state index contributed by atoms with van der Waals surface area (Å²) >= 11 is 0. The molecule has 8 aromatic rings. The van der Waals surface area contributed by atoms with Crippen molar-refractivity contribution in [3.8, 4) is 0 Å². The number of para-hydroxylation sites is 2. The number of anilines is 2. The minimum absolute atomic E-state index is 0.283. The number of cyclic esters (lactones) is 2. The lowest BCUT2D eigenvalue weighted by molar-refractivity contribution is 0.0244. The molecule has 0 aliphatic carbocycles. The van der Waals surface area contributed by atoms with E-state index in [1.54, 1.807) is 0 Å². The Morgan fingerprint density at radius 2 is 0.966 bits per heavy atom. The maximum atomic E-state index is 13.0. The second-order valence-electron chi connectivity index (χ2n) is 15.8. The fourth-order valence-electron chi connectivity index (χ4n) is 9.21. The predicted molar refractivity (Wildman–Crippen MR) is 236 cm³/mol. The molecule has 0 radical (unpaired) electrons. The van der Waals surface area contributed by atoms with Gasteiger partial charge in [0.25, 0.3) is 0 Å². The molecule has 4 heterocycles. The van der Waals surface area contributed by atoms with Gasteiger partial charge in [-0.2, -0.15) is 0 Å². The van der Waals surface area contributed by atoms with Crippen LogP contribution in [0.3, 0.4) is 0 Å². The molecule has 0 fully saturated rings. The molecule has 8 heteroatoms. The lowest BCUT2D eigenvalue weighted by Crippen LogP contribution is -2.30. The van der Waals surface area contributed by atoms with Crippen molar-refractivity contribution in [2.24, 2.45) is 7.05 Å². The average molecular weight is 779 g/mol. The Hall–Kier alpha value is -7.06. The molecule has 0 saturated carbocycles. The van der Waals surface area contributed by atoms with Crippen LogP contribution in [0.15, 0.2) is 146 Å². The van der Waals surface area contributed by atoms with Crippen LogP contribution in [0.5, 0.6) is 0 Å². The van der Waals surface area contributed by atoms with E-state index in [0.29, 0.717) is 11.1 Å². The topological polar surface area (TPSA) is 79.8 Å². The molecule has 2 aliphatic rings. The number of fused-ring (bicyclic) bond motifs is 4. The molecular weight excluding hydrogens is 733 g/mol. The summed E-state index contributed by atoms with van der Waals surface area (Å²) in [5, 5.41) is 2.16. The van der Waals surface area contributed by atoms with E-state index in [-0.39, 0.29) is 11.9 Å². The normalized spacial score (nSPS) is 17.9. The molecule has 2 unspecified atom stereocenters. The first kappa shape index (κ1) is 37.5. The van der Waals surface area contributed by atoms with E-state index in [9.17, 15) is 9.59 Å². The van der Waals surface area contributed by atoms with Gasteiger partial charge in [-0.15, -0.1) is 0 Å². The zero-order valence-electron chi connectivity index (χ0n) is 34.3. The Kier molecular flexibility index (Phi) is 8.96. The van der Waals surface area contributed by atoms with Crippen LogP contribution in [0.25, 0.3) is 21.8 Å². The monoisotopic (exact) mass is 778 g/mol. The highest BCUT2D eigenvalue weighted by Gasteiger charge is 2.52. The molecule has 1 N–H and O–H groups in total. The van der Waals surface area contributed by atoms with Crippen LogP contribution >= 0.6 is 0 Å². The minimum Gasteiger partial charge on any atom is -0.440 e. The SMILES string of the molecule is Cc1[nH]c2ccccc2c1C1(c2ccc(N(C)C)cc2)OC(=O)c2ccccc21.Cc1c(C2(c3ccc(N(C)C)cc3)OC(=O)c3ccccc32)c2ccccc2n1C. The van der Waals surface area contributed by atoms with Gasteiger partial charge in [0.15, 0.2) is 11.2 Å². The first-order valence-electron chi connectivity index (χ1n) is 19.8. The maximum Gasteiger partial charge on any atom is 0.340 e. The van der Waals surface area contributed by atoms with Gasteiger partial charge < -0.3 is 28.8 Å². The fraction of sp³-hybridized carbons (Fsp3) is 0.176. The van der Waals surface area contributed by atoms with Crippen molar-refractivity contribution in [2.45, 2.75) is 25.0 Å². The molecule has 8 nitrogen and oxygen atoms in total. The van der Waals surface area contributed by atoms with Gasteiger partial charge in [-0.1, -0.05) is 97.1 Å². The van der Waals surface area contributed by atoms with Crippen molar-refractivity contribution in [1.82, 2.24) is 9.55 Å². The van der Waals surface area contributed by atoms with E-state index in [2.05, 4.69) is 106 Å². The van der Waals surface area contributed by atoms with Crippen LogP contribution in [-0.4, -0.2) is 49.7 Å². The Morgan fingerprint density at radius 3 is 1.49 bits per heavy atom. The van der Waals surface area contributed by atoms with Gasteiger partial charge in [-0.25, -0.2) is 9.59 Å². The van der Waals surface area contributed by atoms with Gasteiger partial charge in [0.05, 0.1) is 11.1 Å². The van der Waals surface area contributed by atoms with Gasteiger partial charge in [0.2, 0.25) is 0 Å². The maximum absolute atomic E-state index is 13.0. The summed E-state index contributed by atoms with van der Waals surface area (Å²) in [7, 11) is 10.1. The molecule has 2 atom stereocenters. The highest BCUT2D eigenvalue weighted by Crippen LogP contribution is 2.52. The van der Waals surface area contributed by atoms with Crippen molar-refractivity contribution < 1.29 is 19.1 Å². The van der Waals surface area contributed by atoms with Gasteiger partial charge in [-0.05, 0) is 62.4 Å². The van der Waals surface area contributed by atoms with Crippen LogP contribution in [0.4, 0.5) is 11.4 Å². The molecule has 2 aromatic heterocycles. The molecule has 0 saturated heterocycles. The van der Waals surface area contributed by atoms with E-state index in [4.69, 9.17) is 9.47 Å². The molecule has 6 aromatic carbocycles. The highest BCUT2D eigenvalue weighted by atomic mass is 16.6. The zero-order chi connectivity index (χ0) is 41.2. The number of aryl methyl sites for hydroxylation is 2. The number of nitrogens with zero attached hydrogens (tertiary/aromatic N) is 3. The van der Waals surface area contributed by atoms with Gasteiger partial charge in [0, 0.05) is 113 Å². The number of aromatic amines is 1. The summed E-state index contributed by atoms with van der Waals surface area (Å²) < 4.78 is 14.8. The lowest BCUT2D eigenvalue weighted by Gasteiger charge is -2.31. The summed E-state index contributed by atoms with van der Waals surface area (Å²) in [5.74, 6) is -0.573. The molecule has 10 rings (SSSR count). The standard InChI is InChI=1S/C26H24N2O2.C25H22N2O2/c1-17-24(21-10-6-8-12-23(21)28(17)4)26(18-13-15-19(16-14-18)27(2)3)22-11-7-5-9-20(22)25(29)30-26;1-16-23(20-9-5-7-11-22(20)26-16)25(17-12-14-18(15-13-17)27(2)3)21-10-6-4-8-19(21)24(28)29-25/h5-16H,1-4H3;4-15,26H,1-3H3. The molecule has 59 heavy (non-hydrogen) atoms. The largest absolute Gasteiger partial charge is 0.440 e. The third kappa shape index (κ3) is 5.65. The highest BCUT2D eigenvalue weighted by molar-refractivity contribution is 6.00. The van der Waals surface area contributed by atoms with Crippen molar-refractivity contribution in [3.63, 3.8) is 0 Å². The van der Waals surface area contributed by atoms with E-state index in [0.717, 1.165) is 77.9 Å². The lowest BCUT2D eigenvalue weighted by atomic mass is 9.78. The number of carbonyl (C=O) groups is 2. The van der Waals surface area contributed by atoms with Crippen molar-refractivity contribution >= 4 is 45.1 Å². The molecular formula is C51H46N4O4. The summed E-state index contributed by atoms with van der Waals surface area (Å²) in [4.78, 5) is 33.5.